The van der Waals surface area contributed by atoms with E-state index in [-0.39, 0.29) is 18.5 Å². The maximum atomic E-state index is 12.2. The van der Waals surface area contributed by atoms with Crippen molar-refractivity contribution in [1.29, 1.82) is 0 Å². The van der Waals surface area contributed by atoms with Crippen molar-refractivity contribution in [3.05, 3.63) is 28.3 Å². The van der Waals surface area contributed by atoms with Crippen LogP contribution in [0.25, 0.3) is 0 Å². The highest BCUT2D eigenvalue weighted by Gasteiger charge is 2.17. The Kier molecular flexibility index (Phi) is 6.65. The van der Waals surface area contributed by atoms with Gasteiger partial charge in [0.2, 0.25) is 5.91 Å². The number of nitrogens with zero attached hydrogens (tertiary/aromatic N) is 1. The summed E-state index contributed by atoms with van der Waals surface area (Å²) in [5.41, 5.74) is 2.67. The number of carbonyl (C=O) groups excluding carboxylic acids is 1. The second-order valence-corrected chi connectivity index (χ2v) is 6.27. The highest BCUT2D eigenvalue weighted by Crippen LogP contribution is 2.27. The molecule has 1 aromatic carbocycles. The van der Waals surface area contributed by atoms with Gasteiger partial charge in [-0.1, -0.05) is 17.7 Å². The van der Waals surface area contributed by atoms with E-state index in [2.05, 4.69) is 5.32 Å². The Bertz CT molecular complexity index is 478. The van der Waals surface area contributed by atoms with E-state index in [9.17, 15) is 9.90 Å². The summed E-state index contributed by atoms with van der Waals surface area (Å²) < 4.78 is 0. The first-order chi connectivity index (χ1) is 9.70. The number of aliphatic hydroxyl groups is 1. The first kappa shape index (κ1) is 18.0. The van der Waals surface area contributed by atoms with E-state index in [1.54, 1.807) is 6.92 Å². The first-order valence-corrected chi connectivity index (χ1v) is 7.57. The molecule has 21 heavy (non-hydrogen) atoms. The van der Waals surface area contributed by atoms with Crippen molar-refractivity contribution in [2.45, 2.75) is 46.8 Å². The van der Waals surface area contributed by atoms with Crippen LogP contribution in [0.4, 0.5) is 5.69 Å². The molecule has 0 aliphatic heterocycles. The monoisotopic (exact) mass is 312 g/mol. The van der Waals surface area contributed by atoms with Crippen LogP contribution in [0.1, 0.15) is 31.9 Å². The third-order valence-electron chi connectivity index (χ3n) is 3.27. The molecule has 1 atom stereocenters. The van der Waals surface area contributed by atoms with Gasteiger partial charge < -0.3 is 10.4 Å². The molecule has 0 radical (unpaired) electrons. The molecule has 0 saturated carbocycles. The molecule has 1 amide bonds. The van der Waals surface area contributed by atoms with Crippen molar-refractivity contribution in [2.24, 2.45) is 0 Å². The zero-order valence-corrected chi connectivity index (χ0v) is 14.2. The number of nitrogens with one attached hydrogen (secondary N) is 1. The Balaban J connectivity index is 2.77. The highest BCUT2D eigenvalue weighted by atomic mass is 35.5. The molecular formula is C16H25ClN2O2. The van der Waals surface area contributed by atoms with Gasteiger partial charge in [-0.3, -0.25) is 9.69 Å². The van der Waals surface area contributed by atoms with Crippen LogP contribution in [0.2, 0.25) is 5.02 Å². The SMILES string of the molecule is Cc1cc(C)c(NC(=O)CN(CC(C)O)C(C)C)c(Cl)c1. The molecule has 0 spiro atoms. The van der Waals surface area contributed by atoms with Crippen molar-refractivity contribution < 1.29 is 9.90 Å². The largest absolute Gasteiger partial charge is 0.392 e. The molecule has 0 heterocycles. The van der Waals surface area contributed by atoms with Crippen LogP contribution in [0.15, 0.2) is 12.1 Å². The van der Waals surface area contributed by atoms with Gasteiger partial charge >= 0.3 is 0 Å². The second-order valence-electron chi connectivity index (χ2n) is 5.86. The predicted octanol–water partition coefficient (Wildman–Crippen LogP) is 2.99. The number of halogens is 1. The van der Waals surface area contributed by atoms with E-state index >= 15 is 0 Å². The number of rotatable bonds is 6. The van der Waals surface area contributed by atoms with E-state index in [4.69, 9.17) is 11.6 Å². The maximum absolute atomic E-state index is 12.2. The Morgan fingerprint density at radius 2 is 1.95 bits per heavy atom. The van der Waals surface area contributed by atoms with Crippen molar-refractivity contribution in [3.8, 4) is 0 Å². The van der Waals surface area contributed by atoms with E-state index in [1.807, 2.05) is 44.7 Å². The van der Waals surface area contributed by atoms with E-state index in [0.29, 0.717) is 17.3 Å². The van der Waals surface area contributed by atoms with Gasteiger partial charge in [0.25, 0.3) is 0 Å². The minimum Gasteiger partial charge on any atom is -0.392 e. The maximum Gasteiger partial charge on any atom is 0.238 e. The number of hydrogen-bond acceptors (Lipinski definition) is 3. The smallest absolute Gasteiger partial charge is 0.238 e. The minimum atomic E-state index is -0.468. The molecular weight excluding hydrogens is 288 g/mol. The number of aliphatic hydroxyl groups excluding tert-OH is 1. The van der Waals surface area contributed by atoms with Crippen LogP contribution >= 0.6 is 11.6 Å². The molecule has 0 saturated heterocycles. The Morgan fingerprint density at radius 3 is 2.43 bits per heavy atom. The molecule has 5 heteroatoms. The average Bonchev–Trinajstić information content (AvgIpc) is 2.32. The number of anilines is 1. The van der Waals surface area contributed by atoms with Gasteiger partial charge in [0.1, 0.15) is 0 Å². The molecule has 1 aromatic rings. The fraction of sp³-hybridized carbons (Fsp3) is 0.562. The summed E-state index contributed by atoms with van der Waals surface area (Å²) in [6.07, 6.45) is -0.468. The molecule has 2 N–H and O–H groups in total. The Hall–Kier alpha value is -1.10. The van der Waals surface area contributed by atoms with Crippen LogP contribution < -0.4 is 5.32 Å². The minimum absolute atomic E-state index is 0.127. The Morgan fingerprint density at radius 1 is 1.33 bits per heavy atom. The summed E-state index contributed by atoms with van der Waals surface area (Å²) >= 11 is 6.19. The summed E-state index contributed by atoms with van der Waals surface area (Å²) in [6, 6.07) is 4.00. The molecule has 0 bridgehead atoms. The summed E-state index contributed by atoms with van der Waals surface area (Å²) in [4.78, 5) is 14.1. The lowest BCUT2D eigenvalue weighted by Crippen LogP contribution is -2.41. The fourth-order valence-corrected chi connectivity index (χ4v) is 2.60. The summed E-state index contributed by atoms with van der Waals surface area (Å²) in [6.45, 7) is 10.3. The number of aryl methyl sites for hydroxylation is 2. The van der Waals surface area contributed by atoms with Gasteiger partial charge in [-0.25, -0.2) is 0 Å². The second kappa shape index (κ2) is 7.78. The molecule has 4 nitrogen and oxygen atoms in total. The van der Waals surface area contributed by atoms with Crippen molar-refractivity contribution in [3.63, 3.8) is 0 Å². The quantitative estimate of drug-likeness (QED) is 0.849. The predicted molar refractivity (Wildman–Crippen MR) is 87.9 cm³/mol. The third kappa shape index (κ3) is 5.65. The summed E-state index contributed by atoms with van der Waals surface area (Å²) in [5.74, 6) is -0.127. The van der Waals surface area contributed by atoms with Gasteiger partial charge in [0, 0.05) is 12.6 Å². The van der Waals surface area contributed by atoms with E-state index in [1.165, 1.54) is 0 Å². The van der Waals surface area contributed by atoms with Crippen LogP contribution in [-0.4, -0.2) is 41.1 Å². The van der Waals surface area contributed by atoms with Crippen molar-refractivity contribution in [2.75, 3.05) is 18.4 Å². The van der Waals surface area contributed by atoms with Gasteiger partial charge in [-0.15, -0.1) is 0 Å². The molecule has 0 fully saturated rings. The number of carbonyl (C=O) groups is 1. The summed E-state index contributed by atoms with van der Waals surface area (Å²) in [5, 5.41) is 12.9. The average molecular weight is 313 g/mol. The third-order valence-corrected chi connectivity index (χ3v) is 3.57. The number of amides is 1. The van der Waals surface area contributed by atoms with Crippen LogP contribution in [0.5, 0.6) is 0 Å². The van der Waals surface area contributed by atoms with Crippen molar-refractivity contribution >= 4 is 23.2 Å². The normalized spacial score (nSPS) is 12.8. The molecule has 0 aromatic heterocycles. The summed E-state index contributed by atoms with van der Waals surface area (Å²) in [7, 11) is 0. The van der Waals surface area contributed by atoms with Gasteiger partial charge in [-0.2, -0.15) is 0 Å². The zero-order chi connectivity index (χ0) is 16.2. The molecule has 0 aliphatic rings. The number of hydrogen-bond donors (Lipinski definition) is 2. The van der Waals surface area contributed by atoms with Gasteiger partial charge in [0.15, 0.2) is 0 Å². The lowest BCUT2D eigenvalue weighted by atomic mass is 10.1. The van der Waals surface area contributed by atoms with Gasteiger partial charge in [0.05, 0.1) is 23.4 Å². The topological polar surface area (TPSA) is 52.6 Å². The lowest BCUT2D eigenvalue weighted by molar-refractivity contribution is -0.118. The van der Waals surface area contributed by atoms with E-state index < -0.39 is 6.10 Å². The Labute approximate surface area is 132 Å². The number of benzene rings is 1. The zero-order valence-electron chi connectivity index (χ0n) is 13.4. The highest BCUT2D eigenvalue weighted by molar-refractivity contribution is 6.34. The lowest BCUT2D eigenvalue weighted by Gasteiger charge is -2.27. The van der Waals surface area contributed by atoms with Gasteiger partial charge in [-0.05, 0) is 51.8 Å². The molecule has 118 valence electrons. The fourth-order valence-electron chi connectivity index (χ4n) is 2.23. The van der Waals surface area contributed by atoms with E-state index in [0.717, 1.165) is 11.1 Å². The first-order valence-electron chi connectivity index (χ1n) is 7.19. The standard InChI is InChI=1S/C16H25ClN2O2/c1-10(2)19(8-13(5)20)9-15(21)18-16-12(4)6-11(3)7-14(16)17/h6-7,10,13,20H,8-9H2,1-5H3,(H,18,21). The molecule has 0 aliphatic carbocycles. The van der Waals surface area contributed by atoms with Crippen LogP contribution in [-0.2, 0) is 4.79 Å². The van der Waals surface area contributed by atoms with Crippen LogP contribution in [0.3, 0.4) is 0 Å². The van der Waals surface area contributed by atoms with Crippen molar-refractivity contribution in [1.82, 2.24) is 4.90 Å². The van der Waals surface area contributed by atoms with Crippen LogP contribution in [0, 0.1) is 13.8 Å². The molecule has 1 unspecified atom stereocenters. The molecule has 1 rings (SSSR count).